The molecule has 28 heavy (non-hydrogen) atoms. The third-order valence-corrected chi connectivity index (χ3v) is 5.46. The van der Waals surface area contributed by atoms with Crippen LogP contribution in [0.15, 0.2) is 24.3 Å². The molecule has 2 aliphatic rings. The van der Waals surface area contributed by atoms with Gasteiger partial charge in [-0.3, -0.25) is 4.79 Å². The van der Waals surface area contributed by atoms with Gasteiger partial charge in [-0.1, -0.05) is 12.1 Å². The van der Waals surface area contributed by atoms with Crippen LogP contribution in [0.3, 0.4) is 0 Å². The Bertz CT molecular complexity index is 695. The lowest BCUT2D eigenvalue weighted by Gasteiger charge is -2.36. The molecule has 0 spiro atoms. The number of ether oxygens (including phenoxy) is 2. The molecule has 2 aliphatic heterocycles. The lowest BCUT2D eigenvalue weighted by atomic mass is 9.95. The van der Waals surface area contributed by atoms with Crippen molar-refractivity contribution in [3.8, 4) is 5.75 Å². The molecule has 0 saturated carbocycles. The van der Waals surface area contributed by atoms with Crippen LogP contribution < -0.4 is 4.74 Å². The summed E-state index contributed by atoms with van der Waals surface area (Å²) >= 11 is 0. The number of amides is 2. The van der Waals surface area contributed by atoms with E-state index in [0.717, 1.165) is 43.5 Å². The second-order valence-electron chi connectivity index (χ2n) is 8.73. The summed E-state index contributed by atoms with van der Waals surface area (Å²) in [4.78, 5) is 29.4. The van der Waals surface area contributed by atoms with Crippen LogP contribution in [0.5, 0.6) is 5.75 Å². The number of rotatable bonds is 3. The number of hydrogen-bond acceptors (Lipinski definition) is 4. The van der Waals surface area contributed by atoms with E-state index >= 15 is 0 Å². The molecule has 2 atom stereocenters. The van der Waals surface area contributed by atoms with Gasteiger partial charge in [0.15, 0.2) is 0 Å². The molecule has 3 rings (SSSR count). The second kappa shape index (κ2) is 8.41. The maximum atomic E-state index is 13.3. The standard InChI is InChI=1S/C22H32N2O4/c1-22(2,3)28-21(26)23-13-5-7-17(15-23)20(25)24-14-6-8-19(24)16-9-11-18(27-4)12-10-16/h9-12,17,19H,5-8,13-15H2,1-4H3/t17-,19-/m0/s1. The summed E-state index contributed by atoms with van der Waals surface area (Å²) in [5.41, 5.74) is 0.620. The molecule has 1 aromatic rings. The molecule has 0 aromatic heterocycles. The first-order valence-electron chi connectivity index (χ1n) is 10.2. The van der Waals surface area contributed by atoms with Crippen LogP contribution in [-0.2, 0) is 9.53 Å². The molecule has 2 saturated heterocycles. The van der Waals surface area contributed by atoms with E-state index in [1.807, 2.05) is 49.9 Å². The van der Waals surface area contributed by atoms with Gasteiger partial charge in [-0.2, -0.15) is 0 Å². The van der Waals surface area contributed by atoms with Gasteiger partial charge in [-0.15, -0.1) is 0 Å². The van der Waals surface area contributed by atoms with Crippen molar-refractivity contribution in [2.75, 3.05) is 26.7 Å². The van der Waals surface area contributed by atoms with Crippen molar-refractivity contribution in [3.63, 3.8) is 0 Å². The summed E-state index contributed by atoms with van der Waals surface area (Å²) in [6, 6.07) is 8.09. The van der Waals surface area contributed by atoms with Crippen molar-refractivity contribution in [2.45, 2.75) is 58.1 Å². The number of hydrogen-bond donors (Lipinski definition) is 0. The molecule has 2 fully saturated rings. The molecule has 2 amide bonds. The van der Waals surface area contributed by atoms with Crippen molar-refractivity contribution in [1.82, 2.24) is 9.80 Å². The van der Waals surface area contributed by atoms with E-state index in [-0.39, 0.29) is 24.0 Å². The number of carbonyl (C=O) groups excluding carboxylic acids is 2. The SMILES string of the molecule is COc1ccc([C@@H]2CCCN2C(=O)[C@H]2CCCN(C(=O)OC(C)(C)C)C2)cc1. The van der Waals surface area contributed by atoms with Crippen molar-refractivity contribution < 1.29 is 19.1 Å². The first-order chi connectivity index (χ1) is 13.3. The van der Waals surface area contributed by atoms with E-state index in [0.29, 0.717) is 13.1 Å². The van der Waals surface area contributed by atoms with Crippen molar-refractivity contribution in [1.29, 1.82) is 0 Å². The van der Waals surface area contributed by atoms with Crippen molar-refractivity contribution in [3.05, 3.63) is 29.8 Å². The maximum absolute atomic E-state index is 13.3. The van der Waals surface area contributed by atoms with Crippen LogP contribution in [0.4, 0.5) is 4.79 Å². The van der Waals surface area contributed by atoms with Crippen LogP contribution in [0.2, 0.25) is 0 Å². The molecule has 0 bridgehead atoms. The fraction of sp³-hybridized carbons (Fsp3) is 0.636. The van der Waals surface area contributed by atoms with E-state index in [1.54, 1.807) is 12.0 Å². The number of likely N-dealkylation sites (tertiary alicyclic amines) is 2. The zero-order chi connectivity index (χ0) is 20.3. The minimum absolute atomic E-state index is 0.107. The van der Waals surface area contributed by atoms with Gasteiger partial charge < -0.3 is 19.3 Å². The quantitative estimate of drug-likeness (QED) is 0.785. The fourth-order valence-electron chi connectivity index (χ4n) is 4.11. The van der Waals surface area contributed by atoms with Gasteiger partial charge in [0.1, 0.15) is 11.4 Å². The van der Waals surface area contributed by atoms with E-state index in [9.17, 15) is 9.59 Å². The van der Waals surface area contributed by atoms with Crippen molar-refractivity contribution >= 4 is 12.0 Å². The highest BCUT2D eigenvalue weighted by Crippen LogP contribution is 2.35. The van der Waals surface area contributed by atoms with E-state index < -0.39 is 5.60 Å². The van der Waals surface area contributed by atoms with Gasteiger partial charge in [-0.05, 0) is 64.2 Å². The van der Waals surface area contributed by atoms with Gasteiger partial charge in [0.05, 0.1) is 19.1 Å². The lowest BCUT2D eigenvalue weighted by Crippen LogP contribution is -2.47. The average molecular weight is 389 g/mol. The molecule has 0 aliphatic carbocycles. The summed E-state index contributed by atoms with van der Waals surface area (Å²) in [5.74, 6) is 0.826. The highest BCUT2D eigenvalue weighted by atomic mass is 16.6. The summed E-state index contributed by atoms with van der Waals surface area (Å²) in [7, 11) is 1.65. The Morgan fingerprint density at radius 1 is 1.04 bits per heavy atom. The number of methoxy groups -OCH3 is 1. The Balaban J connectivity index is 1.67. The molecule has 6 nitrogen and oxygen atoms in total. The van der Waals surface area contributed by atoms with E-state index in [4.69, 9.17) is 9.47 Å². The second-order valence-corrected chi connectivity index (χ2v) is 8.73. The minimum atomic E-state index is -0.525. The van der Waals surface area contributed by atoms with Gasteiger partial charge in [0.2, 0.25) is 5.91 Å². The van der Waals surface area contributed by atoms with Gasteiger partial charge in [0.25, 0.3) is 0 Å². The Morgan fingerprint density at radius 2 is 1.71 bits per heavy atom. The summed E-state index contributed by atoms with van der Waals surface area (Å²) < 4.78 is 10.7. The lowest BCUT2D eigenvalue weighted by molar-refractivity contribution is -0.138. The first-order valence-corrected chi connectivity index (χ1v) is 10.2. The third-order valence-electron chi connectivity index (χ3n) is 5.46. The summed E-state index contributed by atoms with van der Waals surface area (Å²) in [5, 5.41) is 0. The topological polar surface area (TPSA) is 59.1 Å². The molecule has 154 valence electrons. The normalized spacial score (nSPS) is 22.9. The predicted molar refractivity (Wildman–Crippen MR) is 107 cm³/mol. The van der Waals surface area contributed by atoms with Gasteiger partial charge in [0, 0.05) is 19.6 Å². The van der Waals surface area contributed by atoms with Gasteiger partial charge >= 0.3 is 6.09 Å². The van der Waals surface area contributed by atoms with Crippen LogP contribution in [0, 0.1) is 5.92 Å². The molecule has 0 radical (unpaired) electrons. The average Bonchev–Trinajstić information content (AvgIpc) is 3.16. The maximum Gasteiger partial charge on any atom is 0.410 e. The number of carbonyl (C=O) groups is 2. The van der Waals surface area contributed by atoms with Crippen LogP contribution in [0.1, 0.15) is 58.1 Å². The zero-order valence-corrected chi connectivity index (χ0v) is 17.4. The Kier molecular flexibility index (Phi) is 6.16. The van der Waals surface area contributed by atoms with Crippen LogP contribution in [0.25, 0.3) is 0 Å². The Labute approximate surface area is 167 Å². The minimum Gasteiger partial charge on any atom is -0.497 e. The molecule has 2 heterocycles. The fourth-order valence-corrected chi connectivity index (χ4v) is 4.11. The highest BCUT2D eigenvalue weighted by molar-refractivity contribution is 5.81. The van der Waals surface area contributed by atoms with Gasteiger partial charge in [-0.25, -0.2) is 4.79 Å². The Hall–Kier alpha value is -2.24. The zero-order valence-electron chi connectivity index (χ0n) is 17.4. The number of benzene rings is 1. The van der Waals surface area contributed by atoms with Crippen LogP contribution >= 0.6 is 0 Å². The Morgan fingerprint density at radius 3 is 2.36 bits per heavy atom. The molecular formula is C22H32N2O4. The van der Waals surface area contributed by atoms with Crippen LogP contribution in [-0.4, -0.2) is 54.1 Å². The first kappa shape index (κ1) is 20.5. The molecular weight excluding hydrogens is 356 g/mol. The van der Waals surface area contributed by atoms with E-state index in [2.05, 4.69) is 0 Å². The highest BCUT2D eigenvalue weighted by Gasteiger charge is 2.37. The summed E-state index contributed by atoms with van der Waals surface area (Å²) in [6.45, 7) is 7.46. The van der Waals surface area contributed by atoms with Crippen molar-refractivity contribution in [2.24, 2.45) is 5.92 Å². The van der Waals surface area contributed by atoms with E-state index in [1.165, 1.54) is 0 Å². The molecule has 0 N–H and O–H groups in total. The largest absolute Gasteiger partial charge is 0.497 e. The molecule has 0 unspecified atom stereocenters. The third kappa shape index (κ3) is 4.78. The molecule has 1 aromatic carbocycles. The smallest absolute Gasteiger partial charge is 0.410 e. The monoisotopic (exact) mass is 388 g/mol. The number of piperidine rings is 1. The predicted octanol–water partition coefficient (Wildman–Crippen LogP) is 4.01. The summed E-state index contributed by atoms with van der Waals surface area (Å²) in [6.07, 6.45) is 3.31. The molecule has 6 heteroatoms. The number of nitrogens with zero attached hydrogens (tertiary/aromatic N) is 2.